The highest BCUT2D eigenvalue weighted by atomic mass is 35.5. The standard InChI is InChI=1S/C24H32ClNO4S/c1-17(2)15-26(23-7-5-18(3)13-19(23)4)31(27,28)24-8-6-21(14-22(24)25)30-16-20-9-11-29-12-10-20/h5-8,13-14,17,20H,9-12,15-16H2,1-4H3. The van der Waals surface area contributed by atoms with Gasteiger partial charge in [0.1, 0.15) is 10.6 Å². The molecule has 1 aliphatic rings. The van der Waals surface area contributed by atoms with Crippen LogP contribution in [-0.4, -0.2) is 34.8 Å². The Bertz CT molecular complexity index is 1000. The first-order valence-electron chi connectivity index (χ1n) is 10.8. The number of benzene rings is 2. The number of hydrogen-bond donors (Lipinski definition) is 0. The molecule has 1 heterocycles. The van der Waals surface area contributed by atoms with Crippen LogP contribution in [0.3, 0.4) is 0 Å². The zero-order chi connectivity index (χ0) is 22.6. The molecule has 0 atom stereocenters. The summed E-state index contributed by atoms with van der Waals surface area (Å²) in [5.74, 6) is 1.18. The number of nitrogens with zero attached hydrogens (tertiary/aromatic N) is 1. The molecule has 0 aliphatic carbocycles. The van der Waals surface area contributed by atoms with Crippen LogP contribution < -0.4 is 9.04 Å². The van der Waals surface area contributed by atoms with Crippen molar-refractivity contribution in [3.05, 3.63) is 52.5 Å². The summed E-state index contributed by atoms with van der Waals surface area (Å²) in [7, 11) is -3.84. The number of ether oxygens (including phenoxy) is 2. The molecule has 5 nitrogen and oxygen atoms in total. The van der Waals surface area contributed by atoms with Gasteiger partial charge in [-0.2, -0.15) is 0 Å². The van der Waals surface area contributed by atoms with Crippen molar-refractivity contribution in [2.24, 2.45) is 11.8 Å². The van der Waals surface area contributed by atoms with Gasteiger partial charge < -0.3 is 9.47 Å². The van der Waals surface area contributed by atoms with Gasteiger partial charge in [0.2, 0.25) is 0 Å². The molecule has 0 amide bonds. The quantitative estimate of drug-likeness (QED) is 0.508. The van der Waals surface area contributed by atoms with Gasteiger partial charge >= 0.3 is 0 Å². The van der Waals surface area contributed by atoms with E-state index in [4.69, 9.17) is 21.1 Å². The van der Waals surface area contributed by atoms with Crippen LogP contribution in [0.4, 0.5) is 5.69 Å². The average molecular weight is 466 g/mol. The van der Waals surface area contributed by atoms with Crippen molar-refractivity contribution in [3.63, 3.8) is 0 Å². The van der Waals surface area contributed by atoms with Crippen LogP contribution in [0.15, 0.2) is 41.3 Å². The second-order valence-electron chi connectivity index (χ2n) is 8.68. The summed E-state index contributed by atoms with van der Waals surface area (Å²) in [6, 6.07) is 10.6. The van der Waals surface area contributed by atoms with Gasteiger partial charge in [0.15, 0.2) is 0 Å². The molecular formula is C24H32ClNO4S. The minimum Gasteiger partial charge on any atom is -0.493 e. The molecule has 170 valence electrons. The molecule has 0 radical (unpaired) electrons. The van der Waals surface area contributed by atoms with Crippen LogP contribution in [0.5, 0.6) is 5.75 Å². The Morgan fingerprint density at radius 2 is 1.84 bits per heavy atom. The van der Waals surface area contributed by atoms with Crippen molar-refractivity contribution in [2.45, 2.75) is 45.4 Å². The normalized spacial score (nSPS) is 15.3. The van der Waals surface area contributed by atoms with E-state index < -0.39 is 10.0 Å². The molecule has 0 unspecified atom stereocenters. The summed E-state index contributed by atoms with van der Waals surface area (Å²) >= 11 is 6.46. The smallest absolute Gasteiger partial charge is 0.265 e. The molecule has 2 aromatic carbocycles. The van der Waals surface area contributed by atoms with Gasteiger partial charge in [0.25, 0.3) is 10.0 Å². The van der Waals surface area contributed by atoms with Gasteiger partial charge in [-0.3, -0.25) is 4.31 Å². The fourth-order valence-corrected chi connectivity index (χ4v) is 5.97. The summed E-state index contributed by atoms with van der Waals surface area (Å²) in [6.07, 6.45) is 1.94. The van der Waals surface area contributed by atoms with Crippen molar-refractivity contribution >= 4 is 27.3 Å². The lowest BCUT2D eigenvalue weighted by atomic mass is 10.0. The molecule has 1 fully saturated rings. The Labute approximate surface area is 191 Å². The first-order valence-corrected chi connectivity index (χ1v) is 12.6. The van der Waals surface area contributed by atoms with Gasteiger partial charge in [-0.05, 0) is 62.3 Å². The number of halogens is 1. The molecule has 0 N–H and O–H groups in total. The van der Waals surface area contributed by atoms with Gasteiger partial charge in [-0.25, -0.2) is 8.42 Å². The molecule has 1 aliphatic heterocycles. The second kappa shape index (κ2) is 10.2. The SMILES string of the molecule is Cc1ccc(N(CC(C)C)S(=O)(=O)c2ccc(OCC3CCOCC3)cc2Cl)c(C)c1. The molecule has 1 saturated heterocycles. The van der Waals surface area contributed by atoms with E-state index in [1.807, 2.05) is 45.9 Å². The largest absolute Gasteiger partial charge is 0.493 e. The van der Waals surface area contributed by atoms with E-state index >= 15 is 0 Å². The summed E-state index contributed by atoms with van der Waals surface area (Å²) < 4.78 is 40.0. The molecule has 0 bridgehead atoms. The van der Waals surface area contributed by atoms with E-state index in [-0.39, 0.29) is 15.8 Å². The van der Waals surface area contributed by atoms with Crippen LogP contribution in [0.25, 0.3) is 0 Å². The van der Waals surface area contributed by atoms with Crippen LogP contribution in [0, 0.1) is 25.7 Å². The lowest BCUT2D eigenvalue weighted by molar-refractivity contribution is 0.0497. The van der Waals surface area contributed by atoms with Gasteiger partial charge in [0.05, 0.1) is 17.3 Å². The fourth-order valence-electron chi connectivity index (χ4n) is 3.77. The van der Waals surface area contributed by atoms with Crippen molar-refractivity contribution in [2.75, 3.05) is 30.7 Å². The second-order valence-corrected chi connectivity index (χ2v) is 10.9. The predicted octanol–water partition coefficient (Wildman–Crippen LogP) is 5.61. The maximum Gasteiger partial charge on any atom is 0.265 e. The highest BCUT2D eigenvalue weighted by molar-refractivity contribution is 7.93. The average Bonchev–Trinajstić information content (AvgIpc) is 2.71. The Hall–Kier alpha value is -1.76. The third-order valence-electron chi connectivity index (χ3n) is 5.45. The lowest BCUT2D eigenvalue weighted by Gasteiger charge is -2.28. The number of anilines is 1. The van der Waals surface area contributed by atoms with Crippen LogP contribution in [0.2, 0.25) is 5.02 Å². The van der Waals surface area contributed by atoms with Crippen LogP contribution in [-0.2, 0) is 14.8 Å². The third-order valence-corrected chi connectivity index (χ3v) is 7.71. The highest BCUT2D eigenvalue weighted by Gasteiger charge is 2.29. The Kier molecular flexibility index (Phi) is 7.89. The number of rotatable bonds is 8. The molecule has 0 aromatic heterocycles. The lowest BCUT2D eigenvalue weighted by Crippen LogP contribution is -2.35. The maximum absolute atomic E-state index is 13.6. The van der Waals surface area contributed by atoms with E-state index in [2.05, 4.69) is 0 Å². The number of aryl methyl sites for hydroxylation is 2. The van der Waals surface area contributed by atoms with E-state index in [1.165, 1.54) is 4.31 Å². The summed E-state index contributed by atoms with van der Waals surface area (Å²) in [6.45, 7) is 10.4. The minimum atomic E-state index is -3.84. The van der Waals surface area contributed by atoms with Crippen molar-refractivity contribution < 1.29 is 17.9 Å². The van der Waals surface area contributed by atoms with E-state index in [0.29, 0.717) is 30.5 Å². The van der Waals surface area contributed by atoms with E-state index in [0.717, 1.165) is 37.2 Å². The van der Waals surface area contributed by atoms with Gasteiger partial charge in [0, 0.05) is 25.8 Å². The fraction of sp³-hybridized carbons (Fsp3) is 0.500. The zero-order valence-electron chi connectivity index (χ0n) is 18.7. The third kappa shape index (κ3) is 5.93. The first-order chi connectivity index (χ1) is 14.7. The topological polar surface area (TPSA) is 55.8 Å². The van der Waals surface area contributed by atoms with Crippen molar-refractivity contribution in [1.29, 1.82) is 0 Å². The molecule has 7 heteroatoms. The number of hydrogen-bond acceptors (Lipinski definition) is 4. The number of sulfonamides is 1. The predicted molar refractivity (Wildman–Crippen MR) is 126 cm³/mol. The van der Waals surface area contributed by atoms with Crippen LogP contribution in [0.1, 0.15) is 37.8 Å². The Morgan fingerprint density at radius 3 is 2.45 bits per heavy atom. The van der Waals surface area contributed by atoms with Crippen molar-refractivity contribution in [3.8, 4) is 5.75 Å². The van der Waals surface area contributed by atoms with Gasteiger partial charge in [-0.1, -0.05) is 43.1 Å². The first kappa shape index (κ1) is 23.9. The van der Waals surface area contributed by atoms with E-state index in [1.54, 1.807) is 18.2 Å². The van der Waals surface area contributed by atoms with Gasteiger partial charge in [-0.15, -0.1) is 0 Å². The van der Waals surface area contributed by atoms with E-state index in [9.17, 15) is 8.42 Å². The summed E-state index contributed by atoms with van der Waals surface area (Å²) in [5.41, 5.74) is 2.68. The minimum absolute atomic E-state index is 0.0909. The molecular weight excluding hydrogens is 434 g/mol. The summed E-state index contributed by atoms with van der Waals surface area (Å²) in [5, 5.41) is 0.169. The molecule has 3 rings (SSSR count). The summed E-state index contributed by atoms with van der Waals surface area (Å²) in [4.78, 5) is 0.0909. The Morgan fingerprint density at radius 1 is 1.13 bits per heavy atom. The Balaban J connectivity index is 1.86. The molecule has 31 heavy (non-hydrogen) atoms. The highest BCUT2D eigenvalue weighted by Crippen LogP contribution is 2.33. The van der Waals surface area contributed by atoms with Crippen LogP contribution >= 0.6 is 11.6 Å². The monoisotopic (exact) mass is 465 g/mol. The maximum atomic E-state index is 13.6. The molecule has 0 spiro atoms. The van der Waals surface area contributed by atoms with Crippen molar-refractivity contribution in [1.82, 2.24) is 0 Å². The molecule has 2 aromatic rings. The zero-order valence-corrected chi connectivity index (χ0v) is 20.3. The molecule has 0 saturated carbocycles.